The Morgan fingerprint density at radius 1 is 1.06 bits per heavy atom. The van der Waals surface area contributed by atoms with Gasteiger partial charge in [-0.3, -0.25) is 14.5 Å². The number of carbonyl (C=O) groups excluding carboxylic acids is 3. The number of benzene rings is 2. The first-order valence-electron chi connectivity index (χ1n) is 11.3. The summed E-state index contributed by atoms with van der Waals surface area (Å²) in [7, 11) is 0. The number of rotatable bonds is 8. The first-order valence-corrected chi connectivity index (χ1v) is 11.3. The van der Waals surface area contributed by atoms with Crippen molar-refractivity contribution in [1.29, 1.82) is 0 Å². The van der Waals surface area contributed by atoms with Crippen LogP contribution < -0.4 is 20.1 Å². The number of nitrogens with zero attached hydrogens (tertiary/aromatic N) is 1. The topological polar surface area (TPSA) is 97.0 Å². The van der Waals surface area contributed by atoms with Crippen molar-refractivity contribution in [3.8, 4) is 11.5 Å². The zero-order valence-electron chi connectivity index (χ0n) is 19.2. The van der Waals surface area contributed by atoms with Gasteiger partial charge in [-0.1, -0.05) is 18.2 Å². The largest absolute Gasteiger partial charge is 0.494 e. The third kappa shape index (κ3) is 4.37. The van der Waals surface area contributed by atoms with Gasteiger partial charge in [0.05, 0.1) is 18.9 Å². The van der Waals surface area contributed by atoms with E-state index in [1.54, 1.807) is 25.1 Å². The second-order valence-corrected chi connectivity index (χ2v) is 8.36. The molecule has 0 radical (unpaired) electrons. The van der Waals surface area contributed by atoms with Crippen LogP contribution in [0.25, 0.3) is 0 Å². The Bertz CT molecular complexity index is 1100. The van der Waals surface area contributed by atoms with E-state index in [0.29, 0.717) is 30.4 Å². The molecule has 1 saturated heterocycles. The molecule has 8 nitrogen and oxygen atoms in total. The number of carbonyl (C=O) groups is 3. The Morgan fingerprint density at radius 2 is 1.82 bits per heavy atom. The van der Waals surface area contributed by atoms with Gasteiger partial charge in [-0.25, -0.2) is 4.79 Å². The summed E-state index contributed by atoms with van der Waals surface area (Å²) >= 11 is 0. The average molecular weight is 452 g/mol. The van der Waals surface area contributed by atoms with Gasteiger partial charge < -0.3 is 20.1 Å². The molecule has 0 aromatic heterocycles. The Balaban J connectivity index is 1.50. The number of hydrogen-bond acceptors (Lipinski definition) is 5. The maximum Gasteiger partial charge on any atom is 0.325 e. The van der Waals surface area contributed by atoms with Crippen molar-refractivity contribution in [2.75, 3.05) is 25.1 Å². The normalized spacial score (nSPS) is 19.3. The highest BCUT2D eigenvalue weighted by molar-refractivity contribution is 6.10. The monoisotopic (exact) mass is 451 g/mol. The molecule has 0 bridgehead atoms. The Labute approximate surface area is 193 Å². The van der Waals surface area contributed by atoms with Gasteiger partial charge in [-0.05, 0) is 68.9 Å². The summed E-state index contributed by atoms with van der Waals surface area (Å²) < 4.78 is 11.1. The van der Waals surface area contributed by atoms with Crippen molar-refractivity contribution in [3.05, 3.63) is 53.1 Å². The molecule has 0 spiro atoms. The molecule has 4 rings (SSSR count). The molecule has 33 heavy (non-hydrogen) atoms. The summed E-state index contributed by atoms with van der Waals surface area (Å²) in [5, 5.41) is 5.52. The lowest BCUT2D eigenvalue weighted by Crippen LogP contribution is -2.42. The van der Waals surface area contributed by atoms with Crippen LogP contribution in [-0.2, 0) is 28.0 Å². The van der Waals surface area contributed by atoms with E-state index >= 15 is 0 Å². The van der Waals surface area contributed by atoms with Crippen LogP contribution in [0.5, 0.6) is 11.5 Å². The van der Waals surface area contributed by atoms with Crippen LogP contribution in [0.1, 0.15) is 43.9 Å². The number of anilines is 1. The van der Waals surface area contributed by atoms with Gasteiger partial charge in [-0.15, -0.1) is 0 Å². The molecule has 2 aromatic carbocycles. The van der Waals surface area contributed by atoms with Gasteiger partial charge >= 0.3 is 6.03 Å². The molecule has 0 saturated carbocycles. The summed E-state index contributed by atoms with van der Waals surface area (Å²) in [4.78, 5) is 39.7. The number of aryl methyl sites for hydroxylation is 2. The summed E-state index contributed by atoms with van der Waals surface area (Å²) in [5.74, 6) is 0.102. The van der Waals surface area contributed by atoms with E-state index in [1.165, 1.54) is 11.1 Å². The zero-order chi connectivity index (χ0) is 23.6. The predicted octanol–water partition coefficient (Wildman–Crippen LogP) is 3.38. The molecule has 2 aromatic rings. The van der Waals surface area contributed by atoms with Gasteiger partial charge in [0.25, 0.3) is 5.91 Å². The van der Waals surface area contributed by atoms with Crippen LogP contribution in [0.3, 0.4) is 0 Å². The smallest absolute Gasteiger partial charge is 0.325 e. The van der Waals surface area contributed by atoms with E-state index in [-0.39, 0.29) is 0 Å². The number of nitrogens with one attached hydrogen (secondary N) is 2. The predicted molar refractivity (Wildman–Crippen MR) is 123 cm³/mol. The highest BCUT2D eigenvalue weighted by Crippen LogP contribution is 2.33. The van der Waals surface area contributed by atoms with Crippen LogP contribution in [0.15, 0.2) is 36.4 Å². The lowest BCUT2D eigenvalue weighted by atomic mass is 9.89. The number of imide groups is 1. The van der Waals surface area contributed by atoms with E-state index in [0.717, 1.165) is 29.7 Å². The fourth-order valence-corrected chi connectivity index (χ4v) is 4.40. The minimum absolute atomic E-state index is 0.407. The number of ether oxygens (including phenoxy) is 2. The third-order valence-electron chi connectivity index (χ3n) is 6.09. The van der Waals surface area contributed by atoms with E-state index in [9.17, 15) is 14.4 Å². The van der Waals surface area contributed by atoms with Crippen molar-refractivity contribution in [2.24, 2.45) is 0 Å². The van der Waals surface area contributed by atoms with E-state index in [1.807, 2.05) is 32.0 Å². The summed E-state index contributed by atoms with van der Waals surface area (Å²) in [6, 6.07) is 10.4. The minimum atomic E-state index is -1.21. The Morgan fingerprint density at radius 3 is 2.58 bits per heavy atom. The van der Waals surface area contributed by atoms with Crippen LogP contribution in [0.4, 0.5) is 10.5 Å². The lowest BCUT2D eigenvalue weighted by Gasteiger charge is -2.23. The molecular weight excluding hydrogens is 422 g/mol. The fourth-order valence-electron chi connectivity index (χ4n) is 4.40. The number of urea groups is 1. The Kier molecular flexibility index (Phi) is 6.26. The molecule has 2 aliphatic rings. The van der Waals surface area contributed by atoms with Crippen molar-refractivity contribution < 1.29 is 23.9 Å². The lowest BCUT2D eigenvalue weighted by molar-refractivity contribution is -0.133. The minimum Gasteiger partial charge on any atom is -0.494 e. The first kappa shape index (κ1) is 22.6. The molecule has 1 unspecified atom stereocenters. The Hall–Kier alpha value is -3.55. The molecule has 1 heterocycles. The SMILES string of the molecule is CCOc1ccc(OCC)c(NC(=O)CN2C(=O)NC(C)(c3ccc4c(c3)CCC4)C2=O)c1. The molecule has 8 heteroatoms. The highest BCUT2D eigenvalue weighted by atomic mass is 16.5. The number of amides is 4. The van der Waals surface area contributed by atoms with Gasteiger partial charge in [0.2, 0.25) is 5.91 Å². The van der Waals surface area contributed by atoms with Crippen molar-refractivity contribution in [1.82, 2.24) is 10.2 Å². The second-order valence-electron chi connectivity index (χ2n) is 8.36. The maximum atomic E-state index is 13.3. The van der Waals surface area contributed by atoms with Crippen LogP contribution >= 0.6 is 0 Å². The summed E-state index contributed by atoms with van der Waals surface area (Å²) in [6.07, 6.45) is 3.10. The van der Waals surface area contributed by atoms with Gasteiger partial charge in [0, 0.05) is 6.07 Å². The summed E-state index contributed by atoms with van der Waals surface area (Å²) in [5.41, 5.74) is 2.44. The maximum absolute atomic E-state index is 13.3. The molecule has 2 N–H and O–H groups in total. The van der Waals surface area contributed by atoms with Gasteiger partial charge in [-0.2, -0.15) is 0 Å². The third-order valence-corrected chi connectivity index (χ3v) is 6.09. The van der Waals surface area contributed by atoms with Crippen molar-refractivity contribution in [3.63, 3.8) is 0 Å². The molecule has 4 amide bonds. The molecule has 1 fully saturated rings. The molecule has 1 atom stereocenters. The van der Waals surface area contributed by atoms with Crippen LogP contribution in [0.2, 0.25) is 0 Å². The summed E-state index contributed by atoms with van der Waals surface area (Å²) in [6.45, 7) is 5.88. The molecule has 174 valence electrons. The van der Waals surface area contributed by atoms with Crippen molar-refractivity contribution >= 4 is 23.5 Å². The molecular formula is C25H29N3O5. The average Bonchev–Trinajstić information content (AvgIpc) is 3.34. The zero-order valence-corrected chi connectivity index (χ0v) is 19.2. The first-order chi connectivity index (χ1) is 15.9. The van der Waals surface area contributed by atoms with Crippen LogP contribution in [0, 0.1) is 0 Å². The van der Waals surface area contributed by atoms with Gasteiger partial charge in [0.15, 0.2) is 0 Å². The quantitative estimate of drug-likeness (QED) is 0.600. The van der Waals surface area contributed by atoms with Crippen LogP contribution in [-0.4, -0.2) is 42.5 Å². The standard InChI is InChI=1S/C25H29N3O5/c1-4-32-19-11-12-21(33-5-2)20(14-19)26-22(29)15-28-23(30)25(3,27-24(28)31)18-10-9-16-7-6-8-17(16)13-18/h9-14H,4-8,15H2,1-3H3,(H,26,29)(H,27,31). The van der Waals surface area contributed by atoms with E-state index < -0.39 is 29.9 Å². The molecule has 1 aliphatic carbocycles. The van der Waals surface area contributed by atoms with E-state index in [2.05, 4.69) is 10.6 Å². The van der Waals surface area contributed by atoms with Gasteiger partial charge in [0.1, 0.15) is 23.6 Å². The highest BCUT2D eigenvalue weighted by Gasteiger charge is 2.49. The fraction of sp³-hybridized carbons (Fsp3) is 0.400. The number of hydrogen-bond donors (Lipinski definition) is 2. The molecule has 1 aliphatic heterocycles. The van der Waals surface area contributed by atoms with Crippen molar-refractivity contribution in [2.45, 2.75) is 45.6 Å². The second kappa shape index (κ2) is 9.13. The van der Waals surface area contributed by atoms with E-state index in [4.69, 9.17) is 9.47 Å². The number of fused-ring (bicyclic) bond motifs is 1.